The SMILES string of the molecule is Cc1ccc2nc(N)n(CCC(C)(C)C)c2n1. The van der Waals surface area contributed by atoms with E-state index < -0.39 is 0 Å². The van der Waals surface area contributed by atoms with E-state index >= 15 is 0 Å². The predicted octanol–water partition coefficient (Wildman–Crippen LogP) is 2.76. The second kappa shape index (κ2) is 4.02. The normalized spacial score (nSPS) is 12.2. The van der Waals surface area contributed by atoms with Crippen molar-refractivity contribution < 1.29 is 0 Å². The Morgan fingerprint density at radius 3 is 2.59 bits per heavy atom. The third-order valence-corrected chi connectivity index (χ3v) is 2.85. The number of anilines is 1. The highest BCUT2D eigenvalue weighted by Gasteiger charge is 2.14. The lowest BCUT2D eigenvalue weighted by Gasteiger charge is -2.18. The van der Waals surface area contributed by atoms with Crippen LogP contribution >= 0.6 is 0 Å². The van der Waals surface area contributed by atoms with Crippen molar-refractivity contribution in [3.8, 4) is 0 Å². The topological polar surface area (TPSA) is 56.7 Å². The maximum Gasteiger partial charge on any atom is 0.202 e. The Balaban J connectivity index is 2.38. The average molecular weight is 232 g/mol. The van der Waals surface area contributed by atoms with Crippen molar-refractivity contribution in [1.82, 2.24) is 14.5 Å². The van der Waals surface area contributed by atoms with Gasteiger partial charge in [-0.05, 0) is 30.9 Å². The van der Waals surface area contributed by atoms with E-state index in [-0.39, 0.29) is 5.41 Å². The third kappa shape index (κ3) is 2.57. The van der Waals surface area contributed by atoms with Crippen LogP contribution in [0.4, 0.5) is 5.95 Å². The smallest absolute Gasteiger partial charge is 0.202 e. The van der Waals surface area contributed by atoms with E-state index in [0.717, 1.165) is 29.8 Å². The van der Waals surface area contributed by atoms with Gasteiger partial charge in [-0.3, -0.25) is 4.57 Å². The Morgan fingerprint density at radius 2 is 1.94 bits per heavy atom. The first kappa shape index (κ1) is 11.9. The molecular weight excluding hydrogens is 212 g/mol. The maximum absolute atomic E-state index is 5.94. The van der Waals surface area contributed by atoms with Gasteiger partial charge in [0.25, 0.3) is 0 Å². The van der Waals surface area contributed by atoms with Gasteiger partial charge in [0.2, 0.25) is 5.95 Å². The van der Waals surface area contributed by atoms with E-state index in [1.54, 1.807) is 0 Å². The van der Waals surface area contributed by atoms with Crippen molar-refractivity contribution in [2.45, 2.75) is 40.7 Å². The van der Waals surface area contributed by atoms with Crippen molar-refractivity contribution in [1.29, 1.82) is 0 Å². The number of hydrogen-bond acceptors (Lipinski definition) is 3. The number of aryl methyl sites for hydroxylation is 2. The van der Waals surface area contributed by atoms with E-state index in [0.29, 0.717) is 5.95 Å². The summed E-state index contributed by atoms with van der Waals surface area (Å²) >= 11 is 0. The van der Waals surface area contributed by atoms with Gasteiger partial charge < -0.3 is 5.73 Å². The van der Waals surface area contributed by atoms with Crippen LogP contribution in [-0.2, 0) is 6.54 Å². The standard InChI is InChI=1S/C13H20N4/c1-9-5-6-10-11(15-9)17(12(14)16-10)8-7-13(2,3)4/h5-6H,7-8H2,1-4H3,(H2,14,16). The number of imidazole rings is 1. The highest BCUT2D eigenvalue weighted by atomic mass is 15.2. The van der Waals surface area contributed by atoms with Crippen molar-refractivity contribution in [3.05, 3.63) is 17.8 Å². The first-order valence-electron chi connectivity index (χ1n) is 5.96. The van der Waals surface area contributed by atoms with Crippen molar-refractivity contribution in [2.24, 2.45) is 5.41 Å². The maximum atomic E-state index is 5.94. The number of nitrogen functional groups attached to an aromatic ring is 1. The zero-order valence-electron chi connectivity index (χ0n) is 11.0. The molecule has 0 saturated carbocycles. The summed E-state index contributed by atoms with van der Waals surface area (Å²) in [5.41, 5.74) is 9.00. The molecule has 4 heteroatoms. The molecule has 0 bridgehead atoms. The molecule has 0 saturated heterocycles. The lowest BCUT2D eigenvalue weighted by Crippen LogP contribution is -2.12. The van der Waals surface area contributed by atoms with Gasteiger partial charge >= 0.3 is 0 Å². The van der Waals surface area contributed by atoms with E-state index in [1.807, 2.05) is 23.6 Å². The molecule has 0 radical (unpaired) electrons. The summed E-state index contributed by atoms with van der Waals surface area (Å²) in [4.78, 5) is 8.85. The molecule has 2 aromatic heterocycles. The van der Waals surface area contributed by atoms with Crippen molar-refractivity contribution in [3.63, 3.8) is 0 Å². The molecular formula is C13H20N4. The fraction of sp³-hybridized carbons (Fsp3) is 0.538. The molecule has 92 valence electrons. The quantitative estimate of drug-likeness (QED) is 0.866. The minimum absolute atomic E-state index is 0.285. The molecule has 2 aromatic rings. The second-order valence-corrected chi connectivity index (χ2v) is 5.73. The summed E-state index contributed by atoms with van der Waals surface area (Å²) < 4.78 is 2.01. The molecule has 17 heavy (non-hydrogen) atoms. The van der Waals surface area contributed by atoms with Crippen LogP contribution in [0.25, 0.3) is 11.2 Å². The first-order valence-corrected chi connectivity index (χ1v) is 5.96. The van der Waals surface area contributed by atoms with Gasteiger partial charge in [-0.25, -0.2) is 9.97 Å². The molecule has 0 aliphatic carbocycles. The predicted molar refractivity (Wildman–Crippen MR) is 70.7 cm³/mol. The van der Waals surface area contributed by atoms with E-state index in [9.17, 15) is 0 Å². The van der Waals surface area contributed by atoms with Crippen LogP contribution in [0.15, 0.2) is 12.1 Å². The lowest BCUT2D eigenvalue weighted by molar-refractivity contribution is 0.353. The molecule has 0 atom stereocenters. The lowest BCUT2D eigenvalue weighted by atomic mass is 9.92. The van der Waals surface area contributed by atoms with Crippen LogP contribution in [0, 0.1) is 12.3 Å². The Morgan fingerprint density at radius 1 is 1.24 bits per heavy atom. The Bertz CT molecular complexity index is 534. The number of pyridine rings is 1. The molecule has 0 aromatic carbocycles. The second-order valence-electron chi connectivity index (χ2n) is 5.73. The highest BCUT2D eigenvalue weighted by Crippen LogP contribution is 2.23. The van der Waals surface area contributed by atoms with Crippen molar-refractivity contribution in [2.75, 3.05) is 5.73 Å². The Kier molecular flexibility index (Phi) is 2.81. The molecule has 2 N–H and O–H groups in total. The van der Waals surface area contributed by atoms with Gasteiger partial charge in [0.05, 0.1) is 0 Å². The van der Waals surface area contributed by atoms with Gasteiger partial charge in [-0.2, -0.15) is 0 Å². The molecule has 0 aliphatic rings. The van der Waals surface area contributed by atoms with Gasteiger partial charge in [-0.15, -0.1) is 0 Å². The zero-order chi connectivity index (χ0) is 12.6. The largest absolute Gasteiger partial charge is 0.369 e. The summed E-state index contributed by atoms with van der Waals surface area (Å²) in [6, 6.07) is 3.94. The van der Waals surface area contributed by atoms with Crippen molar-refractivity contribution >= 4 is 17.1 Å². The molecule has 0 spiro atoms. The zero-order valence-corrected chi connectivity index (χ0v) is 11.0. The van der Waals surface area contributed by atoms with Crippen LogP contribution in [0.3, 0.4) is 0 Å². The number of nitrogens with two attached hydrogens (primary N) is 1. The molecule has 0 unspecified atom stereocenters. The number of fused-ring (bicyclic) bond motifs is 1. The van der Waals surface area contributed by atoms with E-state index in [2.05, 4.69) is 30.7 Å². The Labute approximate surface area is 102 Å². The average Bonchev–Trinajstić information content (AvgIpc) is 2.49. The van der Waals surface area contributed by atoms with E-state index in [1.165, 1.54) is 0 Å². The van der Waals surface area contributed by atoms with Crippen LogP contribution in [-0.4, -0.2) is 14.5 Å². The minimum Gasteiger partial charge on any atom is -0.369 e. The summed E-state index contributed by atoms with van der Waals surface area (Å²) in [6.07, 6.45) is 1.05. The van der Waals surface area contributed by atoms with Gasteiger partial charge in [0.1, 0.15) is 5.52 Å². The van der Waals surface area contributed by atoms with E-state index in [4.69, 9.17) is 5.73 Å². The minimum atomic E-state index is 0.285. The highest BCUT2D eigenvalue weighted by molar-refractivity contribution is 5.74. The number of aromatic nitrogens is 3. The summed E-state index contributed by atoms with van der Waals surface area (Å²) in [7, 11) is 0. The molecule has 0 aliphatic heterocycles. The van der Waals surface area contributed by atoms with Crippen LogP contribution < -0.4 is 5.73 Å². The van der Waals surface area contributed by atoms with Gasteiger partial charge in [0, 0.05) is 12.2 Å². The van der Waals surface area contributed by atoms with Gasteiger partial charge in [-0.1, -0.05) is 20.8 Å². The monoisotopic (exact) mass is 232 g/mol. The Hall–Kier alpha value is -1.58. The number of hydrogen-bond donors (Lipinski definition) is 1. The third-order valence-electron chi connectivity index (χ3n) is 2.85. The first-order chi connectivity index (χ1) is 7.87. The summed E-state index contributed by atoms with van der Waals surface area (Å²) in [5, 5.41) is 0. The summed E-state index contributed by atoms with van der Waals surface area (Å²) in [5.74, 6) is 0.558. The van der Waals surface area contributed by atoms with Crippen LogP contribution in [0.2, 0.25) is 0 Å². The number of rotatable bonds is 2. The molecule has 0 amide bonds. The fourth-order valence-corrected chi connectivity index (χ4v) is 1.78. The number of nitrogens with zero attached hydrogens (tertiary/aromatic N) is 3. The molecule has 2 rings (SSSR count). The molecule has 0 fully saturated rings. The van der Waals surface area contributed by atoms with Gasteiger partial charge in [0.15, 0.2) is 5.65 Å². The summed E-state index contributed by atoms with van der Waals surface area (Å²) in [6.45, 7) is 9.52. The fourth-order valence-electron chi connectivity index (χ4n) is 1.78. The molecule has 2 heterocycles. The van der Waals surface area contributed by atoms with Crippen LogP contribution in [0.5, 0.6) is 0 Å². The molecule has 4 nitrogen and oxygen atoms in total. The van der Waals surface area contributed by atoms with Crippen LogP contribution in [0.1, 0.15) is 32.9 Å².